The second kappa shape index (κ2) is 4.75. The van der Waals surface area contributed by atoms with E-state index in [-0.39, 0.29) is 11.3 Å². The molecule has 0 amide bonds. The average Bonchev–Trinajstić information content (AvgIpc) is 2.46. The maximum atomic E-state index is 11.8. The van der Waals surface area contributed by atoms with Crippen LogP contribution in [-0.4, -0.2) is 15.0 Å². The molecule has 0 bridgehead atoms. The summed E-state index contributed by atoms with van der Waals surface area (Å²) in [5.41, 5.74) is 1.81. The van der Waals surface area contributed by atoms with Crippen molar-refractivity contribution in [2.45, 2.75) is 0 Å². The van der Waals surface area contributed by atoms with E-state index < -0.39 is 0 Å². The fourth-order valence-electron chi connectivity index (χ4n) is 1.66. The largest absolute Gasteiger partial charge is 0.317 e. The fraction of sp³-hybridized carbons (Fsp3) is 0. The lowest BCUT2D eigenvalue weighted by atomic mass is 10.2. The monoisotopic (exact) mass is 247 g/mol. The van der Waals surface area contributed by atoms with Crippen LogP contribution >= 0.6 is 0 Å². The predicted molar refractivity (Wildman–Crippen MR) is 72.6 cm³/mol. The van der Waals surface area contributed by atoms with Crippen LogP contribution in [0.3, 0.4) is 0 Å². The molecule has 4 nitrogen and oxygen atoms in total. The van der Waals surface area contributed by atoms with E-state index in [2.05, 4.69) is 26.8 Å². The number of H-pyrrole nitrogens is 1. The van der Waals surface area contributed by atoms with E-state index in [1.165, 1.54) is 0 Å². The molecule has 0 aliphatic heterocycles. The molecular formula is C15H9N3O. The highest BCUT2D eigenvalue weighted by atomic mass is 16.1. The van der Waals surface area contributed by atoms with Gasteiger partial charge in [-0.15, -0.1) is 0 Å². The van der Waals surface area contributed by atoms with E-state index in [9.17, 15) is 4.79 Å². The van der Waals surface area contributed by atoms with Gasteiger partial charge < -0.3 is 4.98 Å². The molecule has 0 spiro atoms. The van der Waals surface area contributed by atoms with Crippen LogP contribution in [0.15, 0.2) is 53.5 Å². The first-order valence-corrected chi connectivity index (χ1v) is 5.75. The topological polar surface area (TPSA) is 58.6 Å². The Kier molecular flexibility index (Phi) is 2.79. The first-order chi connectivity index (χ1) is 9.33. The fourth-order valence-corrected chi connectivity index (χ4v) is 1.66. The van der Waals surface area contributed by atoms with Gasteiger partial charge in [0.15, 0.2) is 11.3 Å². The Morgan fingerprint density at radius 3 is 2.68 bits per heavy atom. The van der Waals surface area contributed by atoms with Gasteiger partial charge in [0.2, 0.25) is 0 Å². The Balaban J connectivity index is 2.09. The van der Waals surface area contributed by atoms with E-state index >= 15 is 0 Å². The molecule has 0 radical (unpaired) electrons. The van der Waals surface area contributed by atoms with Crippen molar-refractivity contribution >= 4 is 11.2 Å². The van der Waals surface area contributed by atoms with Crippen molar-refractivity contribution in [1.29, 1.82) is 0 Å². The third-order valence-electron chi connectivity index (χ3n) is 2.57. The molecule has 0 saturated carbocycles. The summed E-state index contributed by atoms with van der Waals surface area (Å²) in [7, 11) is 0. The van der Waals surface area contributed by atoms with Gasteiger partial charge >= 0.3 is 0 Å². The lowest BCUT2D eigenvalue weighted by Gasteiger charge is -1.95. The third-order valence-corrected chi connectivity index (χ3v) is 2.57. The summed E-state index contributed by atoms with van der Waals surface area (Å²) in [6.45, 7) is 0. The van der Waals surface area contributed by atoms with Crippen molar-refractivity contribution in [1.82, 2.24) is 15.0 Å². The Morgan fingerprint density at radius 1 is 1.00 bits per heavy atom. The summed E-state index contributed by atoms with van der Waals surface area (Å²) in [5.74, 6) is 5.68. The van der Waals surface area contributed by atoms with E-state index in [1.54, 1.807) is 18.3 Å². The quantitative estimate of drug-likeness (QED) is 0.615. The van der Waals surface area contributed by atoms with Gasteiger partial charge in [0.1, 0.15) is 0 Å². The molecule has 2 heterocycles. The van der Waals surface area contributed by atoms with Gasteiger partial charge in [0, 0.05) is 11.8 Å². The van der Waals surface area contributed by atoms with Crippen LogP contribution in [0.5, 0.6) is 0 Å². The molecule has 0 atom stereocenters. The third kappa shape index (κ3) is 2.35. The normalized spacial score (nSPS) is 9.89. The van der Waals surface area contributed by atoms with Gasteiger partial charge in [-0.1, -0.05) is 24.1 Å². The van der Waals surface area contributed by atoms with Crippen molar-refractivity contribution in [3.63, 3.8) is 0 Å². The van der Waals surface area contributed by atoms with Crippen molar-refractivity contribution in [2.75, 3.05) is 0 Å². The van der Waals surface area contributed by atoms with Gasteiger partial charge in [-0.25, -0.2) is 9.97 Å². The summed E-state index contributed by atoms with van der Waals surface area (Å²) in [4.78, 5) is 22.8. The van der Waals surface area contributed by atoms with Crippen LogP contribution in [0.25, 0.3) is 11.2 Å². The highest BCUT2D eigenvalue weighted by molar-refractivity contribution is 5.69. The minimum Gasteiger partial charge on any atom is -0.317 e. The molecule has 0 unspecified atom stereocenters. The second-order valence-electron chi connectivity index (χ2n) is 3.91. The molecule has 0 saturated heterocycles. The molecule has 3 aromatic rings. The van der Waals surface area contributed by atoms with Crippen LogP contribution in [0.1, 0.15) is 11.3 Å². The molecule has 3 rings (SSSR count). The zero-order valence-corrected chi connectivity index (χ0v) is 9.92. The standard InChI is InChI=1S/C15H9N3O/c19-15-13(9-8-11-5-2-1-3-6-11)17-14-12(18-15)7-4-10-16-14/h1-7,10H,(H,18,19). The Labute approximate surface area is 109 Å². The molecule has 19 heavy (non-hydrogen) atoms. The average molecular weight is 247 g/mol. The van der Waals surface area contributed by atoms with Crippen LogP contribution < -0.4 is 5.56 Å². The number of hydrogen-bond acceptors (Lipinski definition) is 3. The first-order valence-electron chi connectivity index (χ1n) is 5.75. The van der Waals surface area contributed by atoms with Crippen LogP contribution in [-0.2, 0) is 0 Å². The van der Waals surface area contributed by atoms with E-state index in [4.69, 9.17) is 0 Å². The minimum atomic E-state index is -0.302. The van der Waals surface area contributed by atoms with Crippen molar-refractivity contribution in [2.24, 2.45) is 0 Å². The molecular weight excluding hydrogens is 238 g/mol. The number of fused-ring (bicyclic) bond motifs is 1. The summed E-state index contributed by atoms with van der Waals surface area (Å²) in [6, 6.07) is 12.9. The van der Waals surface area contributed by atoms with Gasteiger partial charge in [0.05, 0.1) is 5.52 Å². The van der Waals surface area contributed by atoms with Crippen molar-refractivity contribution < 1.29 is 0 Å². The van der Waals surface area contributed by atoms with Crippen molar-refractivity contribution in [3.8, 4) is 11.8 Å². The van der Waals surface area contributed by atoms with Crippen LogP contribution in [0.4, 0.5) is 0 Å². The Bertz CT molecular complexity index is 842. The molecule has 0 aliphatic carbocycles. The van der Waals surface area contributed by atoms with Gasteiger partial charge in [-0.05, 0) is 30.2 Å². The number of aromatic nitrogens is 3. The number of pyridine rings is 1. The molecule has 1 N–H and O–H groups in total. The summed E-state index contributed by atoms with van der Waals surface area (Å²) in [6.07, 6.45) is 1.63. The molecule has 1 aromatic carbocycles. The van der Waals surface area contributed by atoms with Crippen molar-refractivity contribution in [3.05, 3.63) is 70.3 Å². The number of nitrogens with one attached hydrogen (secondary N) is 1. The maximum absolute atomic E-state index is 11.8. The molecule has 90 valence electrons. The van der Waals surface area contributed by atoms with Crippen LogP contribution in [0.2, 0.25) is 0 Å². The maximum Gasteiger partial charge on any atom is 0.283 e. The SMILES string of the molecule is O=c1[nH]c2cccnc2nc1C#Cc1ccccc1. The number of hydrogen-bond donors (Lipinski definition) is 1. The van der Waals surface area contributed by atoms with Gasteiger partial charge in [-0.3, -0.25) is 4.79 Å². The lowest BCUT2D eigenvalue weighted by Crippen LogP contribution is -2.12. The molecule has 0 fully saturated rings. The van der Waals surface area contributed by atoms with E-state index in [0.717, 1.165) is 5.56 Å². The highest BCUT2D eigenvalue weighted by Crippen LogP contribution is 2.02. The van der Waals surface area contributed by atoms with Gasteiger partial charge in [-0.2, -0.15) is 0 Å². The van der Waals surface area contributed by atoms with Crippen LogP contribution in [0, 0.1) is 11.8 Å². The second-order valence-corrected chi connectivity index (χ2v) is 3.91. The summed E-state index contributed by atoms with van der Waals surface area (Å²) < 4.78 is 0. The molecule has 2 aromatic heterocycles. The zero-order chi connectivity index (χ0) is 13.1. The van der Waals surface area contributed by atoms with E-state index in [1.807, 2.05) is 30.3 Å². The minimum absolute atomic E-state index is 0.176. The smallest absolute Gasteiger partial charge is 0.283 e. The number of nitrogens with zero attached hydrogens (tertiary/aromatic N) is 2. The Morgan fingerprint density at radius 2 is 1.84 bits per heavy atom. The number of rotatable bonds is 0. The van der Waals surface area contributed by atoms with E-state index in [0.29, 0.717) is 11.2 Å². The van der Waals surface area contributed by atoms with Gasteiger partial charge in [0.25, 0.3) is 5.56 Å². The number of benzene rings is 1. The predicted octanol–water partition coefficient (Wildman–Crippen LogP) is 1.72. The zero-order valence-electron chi connectivity index (χ0n) is 9.92. The molecule has 4 heteroatoms. The highest BCUT2D eigenvalue weighted by Gasteiger charge is 2.01. The summed E-state index contributed by atoms with van der Waals surface area (Å²) in [5, 5.41) is 0. The number of aromatic amines is 1. The first kappa shape index (κ1) is 11.2. The lowest BCUT2D eigenvalue weighted by molar-refractivity contribution is 1.15. The summed E-state index contributed by atoms with van der Waals surface area (Å²) >= 11 is 0. The Hall–Kier alpha value is -2.93. The molecule has 0 aliphatic rings.